The first-order chi connectivity index (χ1) is 8.66. The third kappa shape index (κ3) is 1.77. The van der Waals surface area contributed by atoms with Crippen molar-refractivity contribution in [3.8, 4) is 0 Å². The highest BCUT2D eigenvalue weighted by molar-refractivity contribution is 6.33. The average molecular weight is 268 g/mol. The van der Waals surface area contributed by atoms with Gasteiger partial charge in [0.2, 0.25) is 5.95 Å². The van der Waals surface area contributed by atoms with Crippen molar-refractivity contribution < 1.29 is 0 Å². The van der Waals surface area contributed by atoms with Crippen molar-refractivity contribution >= 4 is 28.7 Å². The molecule has 2 aromatic heterocycles. The number of nitrogens with one attached hydrogen (secondary N) is 1. The molecule has 1 aliphatic carbocycles. The lowest BCUT2D eigenvalue weighted by Crippen LogP contribution is -2.24. The highest BCUT2D eigenvalue weighted by Crippen LogP contribution is 2.30. The Morgan fingerprint density at radius 2 is 2.00 bits per heavy atom. The second-order valence-corrected chi connectivity index (χ2v) is 5.02. The smallest absolute Gasteiger partial charge is 0.328 e. The predicted molar refractivity (Wildman–Crippen MR) is 69.7 cm³/mol. The molecule has 1 aliphatic rings. The van der Waals surface area contributed by atoms with Crippen LogP contribution in [0, 0.1) is 0 Å². The molecule has 3 N–H and O–H groups in total. The topological polar surface area (TPSA) is 89.6 Å². The van der Waals surface area contributed by atoms with Gasteiger partial charge < -0.3 is 10.7 Å². The molecule has 1 fully saturated rings. The van der Waals surface area contributed by atoms with E-state index in [1.165, 1.54) is 6.42 Å². The minimum atomic E-state index is -0.182. The number of nitrogen functional groups attached to an aromatic ring is 1. The molecule has 0 amide bonds. The molecule has 2 aromatic rings. The Bertz CT molecular complexity index is 641. The number of imidazole rings is 1. The standard InChI is InChI=1S/C11H14ClN5O/c12-8-7-9(16-10(13)15-8)17(11(18)14-7)6-4-2-1-3-5-6/h6H,1-5H2,(H,14,18)(H2,13,15,16). The molecule has 6 nitrogen and oxygen atoms in total. The monoisotopic (exact) mass is 267 g/mol. The van der Waals surface area contributed by atoms with Crippen LogP contribution in [-0.4, -0.2) is 19.5 Å². The van der Waals surface area contributed by atoms with Gasteiger partial charge in [-0.05, 0) is 12.8 Å². The average Bonchev–Trinajstić information content (AvgIpc) is 2.67. The van der Waals surface area contributed by atoms with E-state index in [9.17, 15) is 4.79 Å². The third-order valence-electron chi connectivity index (χ3n) is 3.48. The molecule has 96 valence electrons. The van der Waals surface area contributed by atoms with E-state index in [1.54, 1.807) is 4.57 Å². The summed E-state index contributed by atoms with van der Waals surface area (Å²) in [4.78, 5) is 22.8. The van der Waals surface area contributed by atoms with Crippen LogP contribution in [0.25, 0.3) is 11.2 Å². The Kier molecular flexibility index (Phi) is 2.74. The van der Waals surface area contributed by atoms with E-state index in [1.807, 2.05) is 0 Å². The zero-order valence-electron chi connectivity index (χ0n) is 9.82. The normalized spacial score (nSPS) is 17.4. The largest absolute Gasteiger partial charge is 0.368 e. The van der Waals surface area contributed by atoms with Crippen LogP contribution < -0.4 is 11.4 Å². The van der Waals surface area contributed by atoms with Crippen LogP contribution in [0.1, 0.15) is 38.1 Å². The number of aromatic nitrogens is 4. The number of aromatic amines is 1. The van der Waals surface area contributed by atoms with E-state index in [0.717, 1.165) is 25.7 Å². The zero-order valence-corrected chi connectivity index (χ0v) is 10.6. The number of anilines is 1. The lowest BCUT2D eigenvalue weighted by molar-refractivity contribution is 0.352. The number of nitrogens with two attached hydrogens (primary N) is 1. The van der Waals surface area contributed by atoms with E-state index < -0.39 is 0 Å². The van der Waals surface area contributed by atoms with Crippen LogP contribution in [0.5, 0.6) is 0 Å². The maximum Gasteiger partial charge on any atom is 0.328 e. The summed E-state index contributed by atoms with van der Waals surface area (Å²) in [5.41, 5.74) is 6.41. The molecule has 0 bridgehead atoms. The van der Waals surface area contributed by atoms with Gasteiger partial charge in [0.05, 0.1) is 0 Å². The fraction of sp³-hybridized carbons (Fsp3) is 0.545. The number of H-pyrrole nitrogens is 1. The van der Waals surface area contributed by atoms with Crippen molar-refractivity contribution in [2.45, 2.75) is 38.1 Å². The van der Waals surface area contributed by atoms with E-state index in [-0.39, 0.29) is 22.8 Å². The van der Waals surface area contributed by atoms with E-state index >= 15 is 0 Å². The first-order valence-corrected chi connectivity index (χ1v) is 6.48. The van der Waals surface area contributed by atoms with Crippen molar-refractivity contribution in [1.82, 2.24) is 19.5 Å². The molecular weight excluding hydrogens is 254 g/mol. The first kappa shape index (κ1) is 11.5. The van der Waals surface area contributed by atoms with Gasteiger partial charge >= 0.3 is 5.69 Å². The highest BCUT2D eigenvalue weighted by Gasteiger charge is 2.22. The summed E-state index contributed by atoms with van der Waals surface area (Å²) in [7, 11) is 0. The Morgan fingerprint density at radius 3 is 2.72 bits per heavy atom. The summed E-state index contributed by atoms with van der Waals surface area (Å²) < 4.78 is 1.68. The second-order valence-electron chi connectivity index (χ2n) is 4.66. The van der Waals surface area contributed by atoms with Crippen molar-refractivity contribution in [3.63, 3.8) is 0 Å². The van der Waals surface area contributed by atoms with Gasteiger partial charge in [0.1, 0.15) is 5.52 Å². The Morgan fingerprint density at radius 1 is 1.28 bits per heavy atom. The molecule has 0 atom stereocenters. The molecule has 18 heavy (non-hydrogen) atoms. The third-order valence-corrected chi connectivity index (χ3v) is 3.76. The van der Waals surface area contributed by atoms with Gasteiger partial charge in [0.25, 0.3) is 0 Å². The number of halogens is 1. The maximum absolute atomic E-state index is 12.0. The van der Waals surface area contributed by atoms with Gasteiger partial charge in [0.15, 0.2) is 10.8 Å². The summed E-state index contributed by atoms with van der Waals surface area (Å²) in [5.74, 6) is 0.0936. The van der Waals surface area contributed by atoms with E-state index in [2.05, 4.69) is 15.0 Å². The summed E-state index contributed by atoms with van der Waals surface area (Å²) in [6.45, 7) is 0. The van der Waals surface area contributed by atoms with E-state index in [0.29, 0.717) is 11.2 Å². The lowest BCUT2D eigenvalue weighted by atomic mass is 9.95. The summed E-state index contributed by atoms with van der Waals surface area (Å²) >= 11 is 5.97. The van der Waals surface area contributed by atoms with Gasteiger partial charge in [0, 0.05) is 6.04 Å². The van der Waals surface area contributed by atoms with Gasteiger partial charge in [-0.2, -0.15) is 9.97 Å². The highest BCUT2D eigenvalue weighted by atomic mass is 35.5. The summed E-state index contributed by atoms with van der Waals surface area (Å²) in [6, 6.07) is 0.186. The first-order valence-electron chi connectivity index (χ1n) is 6.10. The van der Waals surface area contributed by atoms with Gasteiger partial charge in [-0.3, -0.25) is 4.57 Å². The van der Waals surface area contributed by atoms with Crippen LogP contribution in [-0.2, 0) is 0 Å². The number of nitrogens with zero attached hydrogens (tertiary/aromatic N) is 3. The minimum absolute atomic E-state index is 0.0936. The molecule has 7 heteroatoms. The van der Waals surface area contributed by atoms with E-state index in [4.69, 9.17) is 17.3 Å². The molecule has 1 saturated carbocycles. The van der Waals surface area contributed by atoms with Crippen molar-refractivity contribution in [1.29, 1.82) is 0 Å². The minimum Gasteiger partial charge on any atom is -0.368 e. The van der Waals surface area contributed by atoms with Crippen LogP contribution >= 0.6 is 11.6 Å². The molecule has 0 aromatic carbocycles. The lowest BCUT2D eigenvalue weighted by Gasteiger charge is -2.22. The Balaban J connectivity index is 2.21. The van der Waals surface area contributed by atoms with Crippen LogP contribution in [0.4, 0.5) is 5.95 Å². The molecule has 3 rings (SSSR count). The Hall–Kier alpha value is -1.56. The fourth-order valence-corrected chi connectivity index (χ4v) is 2.88. The molecule has 0 radical (unpaired) electrons. The number of rotatable bonds is 1. The van der Waals surface area contributed by atoms with Gasteiger partial charge in [-0.15, -0.1) is 0 Å². The fourth-order valence-electron chi connectivity index (χ4n) is 2.66. The maximum atomic E-state index is 12.0. The van der Waals surface area contributed by atoms with Crippen molar-refractivity contribution in [2.75, 3.05) is 5.73 Å². The molecule has 0 aliphatic heterocycles. The molecule has 0 saturated heterocycles. The molecule has 0 spiro atoms. The molecule has 2 heterocycles. The number of fused-ring (bicyclic) bond motifs is 1. The quantitative estimate of drug-likeness (QED) is 0.772. The van der Waals surface area contributed by atoms with Crippen molar-refractivity contribution in [2.24, 2.45) is 0 Å². The second kappa shape index (κ2) is 4.28. The zero-order chi connectivity index (χ0) is 12.7. The molecular formula is C11H14ClN5O. The van der Waals surface area contributed by atoms with Crippen LogP contribution in [0.3, 0.4) is 0 Å². The van der Waals surface area contributed by atoms with Crippen LogP contribution in [0.2, 0.25) is 5.15 Å². The van der Waals surface area contributed by atoms with Gasteiger partial charge in [-0.1, -0.05) is 30.9 Å². The predicted octanol–water partition coefficient (Wildman–Crippen LogP) is 1.86. The van der Waals surface area contributed by atoms with Crippen LogP contribution in [0.15, 0.2) is 4.79 Å². The van der Waals surface area contributed by atoms with Gasteiger partial charge in [-0.25, -0.2) is 4.79 Å². The summed E-state index contributed by atoms with van der Waals surface area (Å²) in [6.07, 6.45) is 5.49. The van der Waals surface area contributed by atoms with Crippen molar-refractivity contribution in [3.05, 3.63) is 15.6 Å². The summed E-state index contributed by atoms with van der Waals surface area (Å²) in [5, 5.41) is 0.198. The SMILES string of the molecule is Nc1nc(Cl)c2[nH]c(=O)n(C3CCCCC3)c2n1. The molecule has 0 unspecified atom stereocenters. The number of hydrogen-bond acceptors (Lipinski definition) is 4. The Labute approximate surface area is 108 Å². The number of hydrogen-bond donors (Lipinski definition) is 2.